The van der Waals surface area contributed by atoms with Crippen LogP contribution in [0.25, 0.3) is 0 Å². The zero-order chi connectivity index (χ0) is 40.2. The standard InChI is InChI=1S/C41H69N5O7/c1-14-27(6)37(45(11)41(51)35(25(2)3)43-40(50)36(26(4)5)44(9)10)33(52-12)24-34(48)46-23-15-16-32(46)38(53-13)28(7)39(49)42-22-21-30-17-19-31(20-18-30)29(8)47/h17-20,25-28,32-33,35-38H,14-16,21-24H2,1-13H3,(H,42,49)(H,43,50)/t27-,28+,32-,33+,35?,36-,37-,38+/m0/s1. The van der Waals surface area contributed by atoms with Gasteiger partial charge in [-0.25, -0.2) is 0 Å². The number of ether oxygens (including phenoxy) is 2. The second-order valence-electron chi connectivity index (χ2n) is 15.8. The van der Waals surface area contributed by atoms with Gasteiger partial charge in [0.25, 0.3) is 0 Å². The molecule has 2 N–H and O–H groups in total. The van der Waals surface area contributed by atoms with Gasteiger partial charge in [-0.1, -0.05) is 79.2 Å². The van der Waals surface area contributed by atoms with Crippen LogP contribution in [0.4, 0.5) is 0 Å². The third-order valence-electron chi connectivity index (χ3n) is 11.0. The lowest BCUT2D eigenvalue weighted by Gasteiger charge is -2.41. The molecule has 1 unspecified atom stereocenters. The third kappa shape index (κ3) is 12.3. The van der Waals surface area contributed by atoms with E-state index in [0.717, 1.165) is 18.4 Å². The zero-order valence-corrected chi connectivity index (χ0v) is 34.7. The number of methoxy groups -OCH3 is 2. The van der Waals surface area contributed by atoms with E-state index in [-0.39, 0.29) is 65.7 Å². The van der Waals surface area contributed by atoms with E-state index in [0.29, 0.717) is 31.5 Å². The molecule has 8 atom stereocenters. The fraction of sp³-hybridized carbons (Fsp3) is 0.732. The van der Waals surface area contributed by atoms with E-state index in [1.807, 2.05) is 77.6 Å². The lowest BCUT2D eigenvalue weighted by atomic mass is 9.89. The minimum Gasteiger partial charge on any atom is -0.379 e. The van der Waals surface area contributed by atoms with Crippen LogP contribution in [-0.2, 0) is 35.1 Å². The molecule has 300 valence electrons. The highest BCUT2D eigenvalue weighted by Crippen LogP contribution is 2.29. The summed E-state index contributed by atoms with van der Waals surface area (Å²) in [5.74, 6) is -1.31. The highest BCUT2D eigenvalue weighted by atomic mass is 16.5. The van der Waals surface area contributed by atoms with Gasteiger partial charge in [0.15, 0.2) is 5.78 Å². The summed E-state index contributed by atoms with van der Waals surface area (Å²) >= 11 is 0. The van der Waals surface area contributed by atoms with Gasteiger partial charge in [-0.15, -0.1) is 0 Å². The number of hydrogen-bond acceptors (Lipinski definition) is 8. The van der Waals surface area contributed by atoms with Crippen molar-refractivity contribution in [3.05, 3.63) is 35.4 Å². The normalized spacial score (nSPS) is 18.6. The van der Waals surface area contributed by atoms with Crippen LogP contribution in [0, 0.1) is 23.7 Å². The van der Waals surface area contributed by atoms with Crippen LogP contribution in [0.2, 0.25) is 0 Å². The molecule has 0 saturated carbocycles. The van der Waals surface area contributed by atoms with Crippen molar-refractivity contribution in [2.45, 2.75) is 124 Å². The molecule has 1 fully saturated rings. The second kappa shape index (κ2) is 21.5. The number of ketones is 1. The first-order valence-electron chi connectivity index (χ1n) is 19.4. The molecule has 2 rings (SSSR count). The number of nitrogens with one attached hydrogen (secondary N) is 2. The van der Waals surface area contributed by atoms with Crippen molar-refractivity contribution in [2.24, 2.45) is 23.7 Å². The fourth-order valence-electron chi connectivity index (χ4n) is 7.81. The average Bonchev–Trinajstić information content (AvgIpc) is 3.59. The molecule has 53 heavy (non-hydrogen) atoms. The molecule has 0 spiro atoms. The van der Waals surface area contributed by atoms with Crippen LogP contribution in [-0.4, -0.2) is 129 Å². The smallest absolute Gasteiger partial charge is 0.245 e. The van der Waals surface area contributed by atoms with Crippen molar-refractivity contribution >= 4 is 29.4 Å². The predicted molar refractivity (Wildman–Crippen MR) is 208 cm³/mol. The third-order valence-corrected chi connectivity index (χ3v) is 11.0. The Kier molecular flexibility index (Phi) is 18.6. The molecular weight excluding hydrogens is 674 g/mol. The van der Waals surface area contributed by atoms with Crippen LogP contribution in [0.15, 0.2) is 24.3 Å². The summed E-state index contributed by atoms with van der Waals surface area (Å²) in [7, 11) is 8.61. The molecule has 0 bridgehead atoms. The maximum atomic E-state index is 14.2. The van der Waals surface area contributed by atoms with E-state index in [1.54, 1.807) is 38.3 Å². The van der Waals surface area contributed by atoms with E-state index in [1.165, 1.54) is 6.92 Å². The summed E-state index contributed by atoms with van der Waals surface area (Å²) in [4.78, 5) is 72.0. The number of benzene rings is 1. The number of likely N-dealkylation sites (tertiary alicyclic amines) is 1. The van der Waals surface area contributed by atoms with Crippen LogP contribution in [0.1, 0.15) is 97.0 Å². The number of rotatable bonds is 21. The molecule has 12 heteroatoms. The van der Waals surface area contributed by atoms with Gasteiger partial charge >= 0.3 is 0 Å². The molecule has 0 radical (unpaired) electrons. The summed E-state index contributed by atoms with van der Waals surface area (Å²) in [5, 5.41) is 6.06. The molecule has 1 aromatic rings. The van der Waals surface area contributed by atoms with E-state index < -0.39 is 30.2 Å². The first kappa shape index (κ1) is 45.8. The van der Waals surface area contributed by atoms with Crippen molar-refractivity contribution in [1.82, 2.24) is 25.3 Å². The molecule has 1 heterocycles. The minimum absolute atomic E-state index is 0.00714. The summed E-state index contributed by atoms with van der Waals surface area (Å²) in [6.45, 7) is 16.2. The number of hydrogen-bond donors (Lipinski definition) is 2. The van der Waals surface area contributed by atoms with Crippen molar-refractivity contribution in [1.29, 1.82) is 0 Å². The van der Waals surface area contributed by atoms with Gasteiger partial charge in [0.1, 0.15) is 6.04 Å². The number of amides is 4. The Morgan fingerprint density at radius 3 is 2.02 bits per heavy atom. The molecule has 12 nitrogen and oxygen atoms in total. The minimum atomic E-state index is -0.751. The maximum Gasteiger partial charge on any atom is 0.245 e. The number of nitrogens with zero attached hydrogens (tertiary/aromatic N) is 3. The Morgan fingerprint density at radius 2 is 1.53 bits per heavy atom. The van der Waals surface area contributed by atoms with Gasteiger partial charge in [0.2, 0.25) is 23.6 Å². The van der Waals surface area contributed by atoms with E-state index in [2.05, 4.69) is 17.6 Å². The number of carbonyl (C=O) groups excluding carboxylic acids is 5. The highest BCUT2D eigenvalue weighted by molar-refractivity contribution is 5.94. The van der Waals surface area contributed by atoms with E-state index in [4.69, 9.17) is 9.47 Å². The molecule has 1 aromatic carbocycles. The van der Waals surface area contributed by atoms with E-state index in [9.17, 15) is 24.0 Å². The van der Waals surface area contributed by atoms with Gasteiger partial charge in [-0.3, -0.25) is 28.9 Å². The lowest BCUT2D eigenvalue weighted by Crippen LogP contribution is -2.59. The summed E-state index contributed by atoms with van der Waals surface area (Å²) in [6.07, 6.45) is 1.79. The monoisotopic (exact) mass is 744 g/mol. The Hall–Kier alpha value is -3.35. The largest absolute Gasteiger partial charge is 0.379 e. The fourth-order valence-corrected chi connectivity index (χ4v) is 7.81. The van der Waals surface area contributed by atoms with Gasteiger partial charge in [-0.2, -0.15) is 0 Å². The first-order valence-corrected chi connectivity index (χ1v) is 19.4. The van der Waals surface area contributed by atoms with Gasteiger partial charge < -0.3 is 29.9 Å². The highest BCUT2D eigenvalue weighted by Gasteiger charge is 2.43. The molecule has 0 aromatic heterocycles. The van der Waals surface area contributed by atoms with Crippen molar-refractivity contribution in [2.75, 3.05) is 48.5 Å². The van der Waals surface area contributed by atoms with Crippen LogP contribution in [0.3, 0.4) is 0 Å². The number of carbonyl (C=O) groups is 5. The summed E-state index contributed by atoms with van der Waals surface area (Å²) < 4.78 is 11.9. The van der Waals surface area contributed by atoms with E-state index >= 15 is 0 Å². The number of likely N-dealkylation sites (N-methyl/N-ethyl adjacent to an activating group) is 2. The lowest BCUT2D eigenvalue weighted by molar-refractivity contribution is -0.148. The van der Waals surface area contributed by atoms with Crippen LogP contribution >= 0.6 is 0 Å². The van der Waals surface area contributed by atoms with Crippen LogP contribution < -0.4 is 10.6 Å². The Balaban J connectivity index is 2.19. The summed E-state index contributed by atoms with van der Waals surface area (Å²) in [5.41, 5.74) is 1.67. The number of Topliss-reactive ketones (excluding diaryl/α,β-unsaturated/α-hetero) is 1. The van der Waals surface area contributed by atoms with Gasteiger partial charge in [0, 0.05) is 39.9 Å². The molecule has 4 amide bonds. The SMILES string of the molecule is CC[C@H](C)[C@@H]([C@@H](CC(=O)N1CCC[C@H]1[C@H](OC)[C@@H](C)C(=O)NCCc1ccc(C(C)=O)cc1)OC)N(C)C(=O)C(NC(=O)[C@H](C(C)C)N(C)C)C(C)C. The quantitative estimate of drug-likeness (QED) is 0.179. The zero-order valence-electron chi connectivity index (χ0n) is 34.7. The molecule has 1 aliphatic heterocycles. The van der Waals surface area contributed by atoms with Crippen molar-refractivity contribution in [3.63, 3.8) is 0 Å². The van der Waals surface area contributed by atoms with Gasteiger partial charge in [-0.05, 0) is 63.6 Å². The first-order chi connectivity index (χ1) is 24.9. The predicted octanol–water partition coefficient (Wildman–Crippen LogP) is 4.20. The topological polar surface area (TPSA) is 138 Å². The van der Waals surface area contributed by atoms with Crippen molar-refractivity contribution in [3.8, 4) is 0 Å². The summed E-state index contributed by atoms with van der Waals surface area (Å²) in [6, 6.07) is 5.51. The Morgan fingerprint density at radius 1 is 0.906 bits per heavy atom. The maximum absolute atomic E-state index is 14.2. The molecule has 1 aliphatic rings. The Labute approximate surface area is 319 Å². The molecule has 1 saturated heterocycles. The van der Waals surface area contributed by atoms with Gasteiger partial charge in [0.05, 0.1) is 42.7 Å². The second-order valence-corrected chi connectivity index (χ2v) is 15.8. The average molecular weight is 744 g/mol. The van der Waals surface area contributed by atoms with Crippen molar-refractivity contribution < 1.29 is 33.4 Å². The van der Waals surface area contributed by atoms with Crippen LogP contribution in [0.5, 0.6) is 0 Å². The Bertz CT molecular complexity index is 1340. The molecule has 0 aliphatic carbocycles. The molecular formula is C41H69N5O7.